The van der Waals surface area contributed by atoms with Crippen LogP contribution in [-0.4, -0.2) is 54.4 Å². The lowest BCUT2D eigenvalue weighted by atomic mass is 9.93. The van der Waals surface area contributed by atoms with Crippen LogP contribution in [-0.2, 0) is 11.2 Å². The molecular weight excluding hydrogens is 364 g/mol. The third-order valence-electron chi connectivity index (χ3n) is 5.53. The van der Waals surface area contributed by atoms with Crippen molar-refractivity contribution in [3.63, 3.8) is 0 Å². The van der Waals surface area contributed by atoms with E-state index in [1.54, 1.807) is 24.5 Å². The molecule has 1 fully saturated rings. The van der Waals surface area contributed by atoms with Gasteiger partial charge < -0.3 is 15.5 Å². The number of hydrogen-bond donors (Lipinski definition) is 2. The van der Waals surface area contributed by atoms with Gasteiger partial charge in [-0.3, -0.25) is 14.6 Å². The second-order valence-corrected chi connectivity index (χ2v) is 7.62. The standard InChI is InChI=1S/C23H30N4O2/c1-24-13-9-18-10-14-27(15-11-18)23(29)21(16-19-6-5-12-25-17-19)26-22(28)20-7-3-2-4-8-20/h2-8,12,17-18,21,24H,9-11,13-16H2,1H3,(H,26,28). The average Bonchev–Trinajstić information content (AvgIpc) is 2.78. The molecule has 1 saturated heterocycles. The van der Waals surface area contributed by atoms with E-state index in [1.165, 1.54) is 0 Å². The molecule has 0 spiro atoms. The predicted molar refractivity (Wildman–Crippen MR) is 113 cm³/mol. The fraction of sp³-hybridized carbons (Fsp3) is 0.435. The Morgan fingerprint density at radius 1 is 1.14 bits per heavy atom. The number of benzene rings is 1. The van der Waals surface area contributed by atoms with Gasteiger partial charge >= 0.3 is 0 Å². The van der Waals surface area contributed by atoms with Gasteiger partial charge in [-0.05, 0) is 62.5 Å². The highest BCUT2D eigenvalue weighted by Crippen LogP contribution is 2.21. The monoisotopic (exact) mass is 394 g/mol. The molecule has 3 rings (SSSR count). The fourth-order valence-electron chi connectivity index (χ4n) is 3.80. The zero-order chi connectivity index (χ0) is 20.5. The fourth-order valence-corrected chi connectivity index (χ4v) is 3.80. The summed E-state index contributed by atoms with van der Waals surface area (Å²) in [7, 11) is 1.97. The predicted octanol–water partition coefficient (Wildman–Crippen LogP) is 2.27. The van der Waals surface area contributed by atoms with Crippen molar-refractivity contribution in [2.45, 2.75) is 31.7 Å². The van der Waals surface area contributed by atoms with Crippen molar-refractivity contribution in [1.29, 1.82) is 0 Å². The average molecular weight is 395 g/mol. The molecule has 154 valence electrons. The molecule has 1 atom stereocenters. The van der Waals surface area contributed by atoms with Gasteiger partial charge in [0.05, 0.1) is 0 Å². The van der Waals surface area contributed by atoms with Gasteiger partial charge in [0.2, 0.25) is 5.91 Å². The van der Waals surface area contributed by atoms with Gasteiger partial charge in [-0.1, -0.05) is 24.3 Å². The molecule has 1 unspecified atom stereocenters. The number of carbonyl (C=O) groups excluding carboxylic acids is 2. The van der Waals surface area contributed by atoms with E-state index in [0.717, 1.165) is 44.5 Å². The van der Waals surface area contributed by atoms with Gasteiger partial charge in [0.15, 0.2) is 0 Å². The van der Waals surface area contributed by atoms with Crippen LogP contribution in [0.25, 0.3) is 0 Å². The minimum absolute atomic E-state index is 0.00907. The first-order chi connectivity index (χ1) is 14.2. The summed E-state index contributed by atoms with van der Waals surface area (Å²) in [4.78, 5) is 32.0. The summed E-state index contributed by atoms with van der Waals surface area (Å²) in [5.74, 6) is 0.420. The van der Waals surface area contributed by atoms with Gasteiger partial charge in [0.25, 0.3) is 5.91 Å². The molecule has 0 bridgehead atoms. The maximum Gasteiger partial charge on any atom is 0.251 e. The lowest BCUT2D eigenvalue weighted by Crippen LogP contribution is -2.51. The molecule has 1 aliphatic heterocycles. The van der Waals surface area contributed by atoms with Crippen molar-refractivity contribution in [2.24, 2.45) is 5.92 Å². The summed E-state index contributed by atoms with van der Waals surface area (Å²) in [6.07, 6.45) is 7.06. The highest BCUT2D eigenvalue weighted by Gasteiger charge is 2.29. The molecule has 6 nitrogen and oxygen atoms in total. The van der Waals surface area contributed by atoms with E-state index >= 15 is 0 Å². The topological polar surface area (TPSA) is 74.3 Å². The Labute approximate surface area is 172 Å². The van der Waals surface area contributed by atoms with E-state index in [0.29, 0.717) is 17.9 Å². The van der Waals surface area contributed by atoms with E-state index in [4.69, 9.17) is 0 Å². The molecule has 1 aromatic heterocycles. The number of nitrogens with zero attached hydrogens (tertiary/aromatic N) is 2. The summed E-state index contributed by atoms with van der Waals surface area (Å²) < 4.78 is 0. The first kappa shape index (κ1) is 21.0. The van der Waals surface area contributed by atoms with Gasteiger partial charge in [0.1, 0.15) is 6.04 Å². The molecule has 2 aromatic rings. The molecule has 6 heteroatoms. The lowest BCUT2D eigenvalue weighted by molar-refractivity contribution is -0.134. The number of amides is 2. The van der Waals surface area contributed by atoms with E-state index in [9.17, 15) is 9.59 Å². The first-order valence-electron chi connectivity index (χ1n) is 10.4. The van der Waals surface area contributed by atoms with Crippen molar-refractivity contribution < 1.29 is 9.59 Å². The Kier molecular flexibility index (Phi) is 7.76. The summed E-state index contributed by atoms with van der Waals surface area (Å²) in [5, 5.41) is 6.15. The Morgan fingerprint density at radius 3 is 2.55 bits per heavy atom. The highest BCUT2D eigenvalue weighted by molar-refractivity contribution is 5.97. The molecule has 29 heavy (non-hydrogen) atoms. The molecule has 0 aliphatic carbocycles. The van der Waals surface area contributed by atoms with Gasteiger partial charge in [0, 0.05) is 37.5 Å². The van der Waals surface area contributed by atoms with Gasteiger partial charge in [-0.15, -0.1) is 0 Å². The van der Waals surface area contributed by atoms with Crippen LogP contribution in [0.3, 0.4) is 0 Å². The van der Waals surface area contributed by atoms with Crippen molar-refractivity contribution in [3.8, 4) is 0 Å². The molecule has 0 radical (unpaired) electrons. The molecule has 2 heterocycles. The number of aromatic nitrogens is 1. The van der Waals surface area contributed by atoms with Crippen LogP contribution in [0.2, 0.25) is 0 Å². The van der Waals surface area contributed by atoms with Crippen LogP contribution >= 0.6 is 0 Å². The van der Waals surface area contributed by atoms with Crippen LogP contribution in [0.1, 0.15) is 35.2 Å². The maximum atomic E-state index is 13.3. The second-order valence-electron chi connectivity index (χ2n) is 7.62. The first-order valence-corrected chi connectivity index (χ1v) is 10.4. The molecule has 1 aliphatic rings. The number of hydrogen-bond acceptors (Lipinski definition) is 4. The molecule has 0 saturated carbocycles. The van der Waals surface area contributed by atoms with Gasteiger partial charge in [-0.2, -0.15) is 0 Å². The van der Waals surface area contributed by atoms with Crippen molar-refractivity contribution in [3.05, 3.63) is 66.0 Å². The van der Waals surface area contributed by atoms with Crippen LogP contribution in [0, 0.1) is 5.92 Å². The highest BCUT2D eigenvalue weighted by atomic mass is 16.2. The number of pyridine rings is 1. The second kappa shape index (κ2) is 10.7. The molecule has 2 N–H and O–H groups in total. The quantitative estimate of drug-likeness (QED) is 0.720. The van der Waals surface area contributed by atoms with Crippen molar-refractivity contribution >= 4 is 11.8 Å². The van der Waals surface area contributed by atoms with E-state index in [-0.39, 0.29) is 11.8 Å². The Hall–Kier alpha value is -2.73. The zero-order valence-electron chi connectivity index (χ0n) is 17.0. The summed E-state index contributed by atoms with van der Waals surface area (Å²) in [6.45, 7) is 2.51. The third-order valence-corrected chi connectivity index (χ3v) is 5.53. The minimum atomic E-state index is -0.597. The third kappa shape index (κ3) is 6.12. The summed E-state index contributed by atoms with van der Waals surface area (Å²) in [6, 6.07) is 12.2. The van der Waals surface area contributed by atoms with Crippen LogP contribution < -0.4 is 10.6 Å². The van der Waals surface area contributed by atoms with Crippen LogP contribution in [0.4, 0.5) is 0 Å². The van der Waals surface area contributed by atoms with Crippen molar-refractivity contribution in [2.75, 3.05) is 26.7 Å². The number of carbonyl (C=O) groups is 2. The van der Waals surface area contributed by atoms with E-state index < -0.39 is 6.04 Å². The zero-order valence-corrected chi connectivity index (χ0v) is 17.0. The Bertz CT molecular complexity index is 774. The van der Waals surface area contributed by atoms with E-state index in [1.807, 2.05) is 42.3 Å². The smallest absolute Gasteiger partial charge is 0.251 e. The Morgan fingerprint density at radius 2 is 1.90 bits per heavy atom. The van der Waals surface area contributed by atoms with Crippen LogP contribution in [0.15, 0.2) is 54.9 Å². The number of rotatable bonds is 8. The SMILES string of the molecule is CNCCC1CCN(C(=O)C(Cc2cccnc2)NC(=O)c2ccccc2)CC1. The molecule has 1 aromatic carbocycles. The summed E-state index contributed by atoms with van der Waals surface area (Å²) >= 11 is 0. The normalized spacial score (nSPS) is 15.7. The number of piperidine rings is 1. The number of nitrogens with one attached hydrogen (secondary N) is 2. The summed E-state index contributed by atoms with van der Waals surface area (Å²) in [5.41, 5.74) is 1.49. The molecular formula is C23H30N4O2. The molecule has 2 amide bonds. The van der Waals surface area contributed by atoms with Crippen LogP contribution in [0.5, 0.6) is 0 Å². The maximum absolute atomic E-state index is 13.3. The van der Waals surface area contributed by atoms with Crippen molar-refractivity contribution in [1.82, 2.24) is 20.5 Å². The minimum Gasteiger partial charge on any atom is -0.341 e. The van der Waals surface area contributed by atoms with Gasteiger partial charge in [-0.25, -0.2) is 0 Å². The van der Waals surface area contributed by atoms with E-state index in [2.05, 4.69) is 15.6 Å². The lowest BCUT2D eigenvalue weighted by Gasteiger charge is -2.34. The largest absolute Gasteiger partial charge is 0.341 e. The number of likely N-dealkylation sites (tertiary alicyclic amines) is 1. The Balaban J connectivity index is 1.67.